The van der Waals surface area contributed by atoms with Crippen LogP contribution in [0.5, 0.6) is 0 Å². The molecule has 0 aliphatic heterocycles. The van der Waals surface area contributed by atoms with Crippen LogP contribution in [-0.4, -0.2) is 44.5 Å². The summed E-state index contributed by atoms with van der Waals surface area (Å²) in [5.41, 5.74) is 0.267. The topological polar surface area (TPSA) is 66.5 Å². The van der Waals surface area contributed by atoms with Crippen molar-refractivity contribution >= 4 is 15.9 Å². The number of nitrogens with one attached hydrogen (secondary N) is 1. The summed E-state index contributed by atoms with van der Waals surface area (Å²) in [5, 5.41) is 3.18. The van der Waals surface area contributed by atoms with Crippen molar-refractivity contribution in [3.05, 3.63) is 0 Å². The lowest BCUT2D eigenvalue weighted by atomic mass is 9.47. The van der Waals surface area contributed by atoms with Crippen LogP contribution in [0.3, 0.4) is 0 Å². The van der Waals surface area contributed by atoms with Crippen molar-refractivity contribution in [3.8, 4) is 0 Å². The fourth-order valence-electron chi connectivity index (χ4n) is 5.85. The second-order valence-electron chi connectivity index (χ2n) is 8.33. The minimum Gasteiger partial charge on any atom is -0.352 e. The fourth-order valence-corrected chi connectivity index (χ4v) is 6.20. The van der Waals surface area contributed by atoms with Gasteiger partial charge in [0.2, 0.25) is 15.9 Å². The smallest absolute Gasteiger partial charge is 0.235 e. The first kappa shape index (κ1) is 17.2. The van der Waals surface area contributed by atoms with Gasteiger partial charge in [-0.1, -0.05) is 6.92 Å². The summed E-state index contributed by atoms with van der Waals surface area (Å²) in [4.78, 5) is 12.3. The zero-order chi connectivity index (χ0) is 16.8. The molecular weight excluding hydrogens is 312 g/mol. The molecule has 5 nitrogen and oxygen atoms in total. The molecule has 1 atom stereocenters. The summed E-state index contributed by atoms with van der Waals surface area (Å²) in [6.07, 6.45) is 9.98. The molecule has 0 saturated heterocycles. The lowest BCUT2D eigenvalue weighted by molar-refractivity contribution is -0.126. The third-order valence-electron chi connectivity index (χ3n) is 6.50. The molecule has 4 aliphatic rings. The van der Waals surface area contributed by atoms with E-state index in [1.165, 1.54) is 45.6 Å². The lowest BCUT2D eigenvalue weighted by Crippen LogP contribution is -2.57. The molecule has 0 spiro atoms. The van der Waals surface area contributed by atoms with Crippen LogP contribution in [0.1, 0.15) is 51.9 Å². The van der Waals surface area contributed by atoms with Crippen LogP contribution in [0.4, 0.5) is 0 Å². The summed E-state index contributed by atoms with van der Waals surface area (Å²) in [5.74, 6) is 2.39. The Balaban J connectivity index is 1.67. The zero-order valence-corrected chi connectivity index (χ0v) is 15.4. The van der Waals surface area contributed by atoms with Crippen LogP contribution in [0.2, 0.25) is 0 Å². The first-order valence-corrected chi connectivity index (χ1v) is 10.8. The minimum atomic E-state index is -3.31. The monoisotopic (exact) mass is 342 g/mol. The van der Waals surface area contributed by atoms with E-state index in [-0.39, 0.29) is 23.9 Å². The number of hydrogen-bond donors (Lipinski definition) is 1. The Hall–Kier alpha value is -0.620. The third kappa shape index (κ3) is 3.43. The Morgan fingerprint density at radius 1 is 1.17 bits per heavy atom. The maximum absolute atomic E-state index is 12.3. The van der Waals surface area contributed by atoms with Crippen molar-refractivity contribution in [2.45, 2.75) is 57.9 Å². The van der Waals surface area contributed by atoms with E-state index in [4.69, 9.17) is 0 Å². The van der Waals surface area contributed by atoms with Crippen molar-refractivity contribution in [2.24, 2.45) is 23.2 Å². The van der Waals surface area contributed by atoms with Gasteiger partial charge in [0.1, 0.15) is 0 Å². The highest BCUT2D eigenvalue weighted by atomic mass is 32.2. The molecule has 23 heavy (non-hydrogen) atoms. The maximum atomic E-state index is 12.3. The van der Waals surface area contributed by atoms with E-state index in [0.717, 1.165) is 34.7 Å². The standard InChI is InChI=1S/C17H30N2O3S/c1-4-15(18-16(20)11-19(2)23(3,21)22)17-8-12-5-13(9-17)7-14(6-12)10-17/h12-15H,4-11H2,1-3H3,(H,18,20). The molecule has 0 aromatic heterocycles. The second-order valence-corrected chi connectivity index (χ2v) is 10.4. The second kappa shape index (κ2) is 6.03. The predicted octanol–water partition coefficient (Wildman–Crippen LogP) is 1.99. The van der Waals surface area contributed by atoms with Gasteiger partial charge in [0, 0.05) is 13.1 Å². The molecule has 1 amide bonds. The van der Waals surface area contributed by atoms with Crippen molar-refractivity contribution in [2.75, 3.05) is 19.8 Å². The highest BCUT2D eigenvalue weighted by molar-refractivity contribution is 7.88. The van der Waals surface area contributed by atoms with E-state index in [0.29, 0.717) is 0 Å². The minimum absolute atomic E-state index is 0.0816. The molecule has 4 fully saturated rings. The molecule has 0 aromatic rings. The highest BCUT2D eigenvalue weighted by Crippen LogP contribution is 2.61. The number of hydrogen-bond acceptors (Lipinski definition) is 3. The molecule has 1 N–H and O–H groups in total. The predicted molar refractivity (Wildman–Crippen MR) is 90.3 cm³/mol. The number of carbonyl (C=O) groups excluding carboxylic acids is 1. The maximum Gasteiger partial charge on any atom is 0.235 e. The van der Waals surface area contributed by atoms with Crippen LogP contribution in [0.25, 0.3) is 0 Å². The van der Waals surface area contributed by atoms with E-state index < -0.39 is 10.0 Å². The van der Waals surface area contributed by atoms with Crippen LogP contribution < -0.4 is 5.32 Å². The molecule has 0 heterocycles. The molecule has 4 rings (SSSR count). The zero-order valence-electron chi connectivity index (χ0n) is 14.5. The quantitative estimate of drug-likeness (QED) is 0.803. The summed E-state index contributed by atoms with van der Waals surface area (Å²) >= 11 is 0. The number of likely N-dealkylation sites (N-methyl/N-ethyl adjacent to an activating group) is 1. The first-order valence-electron chi connectivity index (χ1n) is 8.92. The van der Waals surface area contributed by atoms with Crippen LogP contribution in [0.15, 0.2) is 0 Å². The van der Waals surface area contributed by atoms with Gasteiger partial charge in [0.25, 0.3) is 0 Å². The van der Waals surface area contributed by atoms with Gasteiger partial charge in [0.15, 0.2) is 0 Å². The molecule has 132 valence electrons. The number of rotatable bonds is 6. The van der Waals surface area contributed by atoms with Gasteiger partial charge in [-0.2, -0.15) is 4.31 Å². The number of sulfonamides is 1. The van der Waals surface area contributed by atoms with Crippen molar-refractivity contribution in [3.63, 3.8) is 0 Å². The number of carbonyl (C=O) groups is 1. The fraction of sp³-hybridized carbons (Fsp3) is 0.941. The van der Waals surface area contributed by atoms with E-state index in [1.54, 1.807) is 0 Å². The Labute approximate surface area is 140 Å². The van der Waals surface area contributed by atoms with Crippen molar-refractivity contribution in [1.82, 2.24) is 9.62 Å². The Morgan fingerprint density at radius 3 is 2.04 bits per heavy atom. The molecule has 6 heteroatoms. The normalized spacial score (nSPS) is 37.1. The first-order chi connectivity index (χ1) is 10.7. The summed E-state index contributed by atoms with van der Waals surface area (Å²) in [7, 11) is -1.85. The van der Waals surface area contributed by atoms with Gasteiger partial charge in [-0.15, -0.1) is 0 Å². The van der Waals surface area contributed by atoms with Gasteiger partial charge >= 0.3 is 0 Å². The third-order valence-corrected chi connectivity index (χ3v) is 7.76. The number of amides is 1. The number of nitrogens with zero attached hydrogens (tertiary/aromatic N) is 1. The summed E-state index contributed by atoms with van der Waals surface area (Å²) < 4.78 is 24.1. The Kier molecular flexibility index (Phi) is 4.51. The average Bonchev–Trinajstić information content (AvgIpc) is 2.42. The molecule has 0 aromatic carbocycles. The summed E-state index contributed by atoms with van der Waals surface area (Å²) in [6, 6.07) is 0.191. The van der Waals surface area contributed by atoms with Crippen LogP contribution in [-0.2, 0) is 14.8 Å². The van der Waals surface area contributed by atoms with Crippen LogP contribution >= 0.6 is 0 Å². The van der Waals surface area contributed by atoms with Crippen molar-refractivity contribution < 1.29 is 13.2 Å². The molecular formula is C17H30N2O3S. The van der Waals surface area contributed by atoms with Gasteiger partial charge in [-0.3, -0.25) is 4.79 Å². The molecule has 4 bridgehead atoms. The molecule has 0 radical (unpaired) electrons. The van der Waals surface area contributed by atoms with Gasteiger partial charge in [-0.05, 0) is 68.1 Å². The largest absolute Gasteiger partial charge is 0.352 e. The van der Waals surface area contributed by atoms with Crippen LogP contribution in [0, 0.1) is 23.2 Å². The molecule has 4 aliphatic carbocycles. The van der Waals surface area contributed by atoms with E-state index in [2.05, 4.69) is 12.2 Å². The highest BCUT2D eigenvalue weighted by Gasteiger charge is 2.54. The molecule has 4 saturated carbocycles. The van der Waals surface area contributed by atoms with E-state index in [9.17, 15) is 13.2 Å². The average molecular weight is 343 g/mol. The van der Waals surface area contributed by atoms with E-state index >= 15 is 0 Å². The van der Waals surface area contributed by atoms with Gasteiger partial charge in [0.05, 0.1) is 12.8 Å². The van der Waals surface area contributed by atoms with Crippen molar-refractivity contribution in [1.29, 1.82) is 0 Å². The van der Waals surface area contributed by atoms with Gasteiger partial charge in [-0.25, -0.2) is 8.42 Å². The summed E-state index contributed by atoms with van der Waals surface area (Å²) in [6.45, 7) is 2.06. The van der Waals surface area contributed by atoms with E-state index in [1.807, 2.05) is 0 Å². The Morgan fingerprint density at radius 2 is 1.65 bits per heavy atom. The van der Waals surface area contributed by atoms with Gasteiger partial charge < -0.3 is 5.32 Å². The SMILES string of the molecule is CCC(NC(=O)CN(C)S(C)(=O)=O)C12CC3CC(CC(C3)C1)C2. The lowest BCUT2D eigenvalue weighted by Gasteiger charge is -2.59. The Bertz CT molecular complexity index is 537. The molecule has 1 unspecified atom stereocenters.